The van der Waals surface area contributed by atoms with E-state index < -0.39 is 6.67 Å². The molecule has 3 aromatic rings. The van der Waals surface area contributed by atoms with Crippen molar-refractivity contribution in [1.29, 1.82) is 0 Å². The number of fused-ring (bicyclic) bond motifs is 2. The van der Waals surface area contributed by atoms with Gasteiger partial charge in [-0.2, -0.15) is 0 Å². The Morgan fingerprint density at radius 3 is 2.96 bits per heavy atom. The molecule has 0 spiro atoms. The number of halogens is 1. The van der Waals surface area contributed by atoms with Gasteiger partial charge in [-0.1, -0.05) is 25.1 Å². The van der Waals surface area contributed by atoms with Gasteiger partial charge < -0.3 is 14.5 Å². The zero-order valence-corrected chi connectivity index (χ0v) is 16.0. The number of benzene rings is 1. The molecule has 1 aromatic carbocycles. The molecule has 1 N–H and O–H groups in total. The minimum absolute atomic E-state index is 0.0898. The van der Waals surface area contributed by atoms with Gasteiger partial charge in [0.15, 0.2) is 5.65 Å². The molecule has 5 rings (SSSR count). The molecule has 0 saturated carbocycles. The molecule has 2 aliphatic rings. The number of hydrogen-bond donors (Lipinski definition) is 1. The van der Waals surface area contributed by atoms with Crippen LogP contribution in [0.1, 0.15) is 30.6 Å². The Labute approximate surface area is 164 Å². The summed E-state index contributed by atoms with van der Waals surface area (Å²) >= 11 is 0. The van der Waals surface area contributed by atoms with Crippen LogP contribution in [0.4, 0.5) is 10.1 Å². The number of alkyl halides is 1. The number of imidazole rings is 1. The molecule has 0 amide bonds. The summed E-state index contributed by atoms with van der Waals surface area (Å²) in [4.78, 5) is 7.01. The Hall–Kier alpha value is -2.60. The molecule has 4 heterocycles. The van der Waals surface area contributed by atoms with Crippen molar-refractivity contribution < 1.29 is 9.13 Å². The second-order valence-electron chi connectivity index (χ2n) is 7.95. The first-order valence-corrected chi connectivity index (χ1v) is 9.98. The molecule has 146 valence electrons. The Morgan fingerprint density at radius 2 is 2.14 bits per heavy atom. The van der Waals surface area contributed by atoms with E-state index in [1.54, 1.807) is 6.20 Å². The maximum absolute atomic E-state index is 13.1. The van der Waals surface area contributed by atoms with E-state index in [1.165, 1.54) is 6.42 Å². The smallest absolute Gasteiger partial charge is 0.160 e. The molecule has 2 aromatic heterocycles. The Bertz CT molecular complexity index is 988. The number of aromatic nitrogens is 2. The first-order valence-electron chi connectivity index (χ1n) is 9.98. The molecular weight excluding hydrogens is 355 g/mol. The highest BCUT2D eigenvalue weighted by molar-refractivity contribution is 5.69. The van der Waals surface area contributed by atoms with E-state index in [-0.39, 0.29) is 12.1 Å². The Balaban J connectivity index is 1.54. The predicted octanol–water partition coefficient (Wildman–Crippen LogP) is 4.06. The fourth-order valence-electron chi connectivity index (χ4n) is 4.52. The molecule has 3 atom stereocenters. The highest BCUT2D eigenvalue weighted by atomic mass is 19.1. The standard InChI is InChI=1S/C22H25FN4O/c1-15-8-10-26(12-15)19-14-28-20-7-3-2-5-17(20)21(19)25-18-6-4-9-27-13-16(11-23)24-22(18)27/h2-7,9,13,15,19,21,25H,8,10-12,14H2,1H3/t15-,19-,21-/m0/s1. The van der Waals surface area contributed by atoms with Crippen LogP contribution in [0.25, 0.3) is 5.65 Å². The van der Waals surface area contributed by atoms with Crippen molar-refractivity contribution in [1.82, 2.24) is 14.3 Å². The van der Waals surface area contributed by atoms with E-state index in [1.807, 2.05) is 34.9 Å². The lowest BCUT2D eigenvalue weighted by Crippen LogP contribution is -2.47. The summed E-state index contributed by atoms with van der Waals surface area (Å²) in [5, 5.41) is 3.73. The van der Waals surface area contributed by atoms with Gasteiger partial charge in [0.25, 0.3) is 0 Å². The van der Waals surface area contributed by atoms with Gasteiger partial charge in [0.2, 0.25) is 0 Å². The molecule has 2 aliphatic heterocycles. The van der Waals surface area contributed by atoms with Crippen molar-refractivity contribution in [3.05, 3.63) is 60.0 Å². The van der Waals surface area contributed by atoms with Crippen LogP contribution < -0.4 is 10.1 Å². The average molecular weight is 380 g/mol. The van der Waals surface area contributed by atoms with Gasteiger partial charge in [0, 0.05) is 24.5 Å². The maximum atomic E-state index is 13.1. The summed E-state index contributed by atoms with van der Waals surface area (Å²) in [5.74, 6) is 1.64. The summed E-state index contributed by atoms with van der Waals surface area (Å²) < 4.78 is 21.1. The SMILES string of the molecule is C[C@H]1CCN([C@H]2COc3ccccc3[C@@H]2Nc2cccn3cc(CF)nc23)C1. The van der Waals surface area contributed by atoms with Crippen molar-refractivity contribution in [2.75, 3.05) is 25.0 Å². The van der Waals surface area contributed by atoms with Crippen molar-refractivity contribution in [3.63, 3.8) is 0 Å². The van der Waals surface area contributed by atoms with Crippen LogP contribution >= 0.6 is 0 Å². The average Bonchev–Trinajstić information content (AvgIpc) is 3.34. The van der Waals surface area contributed by atoms with E-state index in [2.05, 4.69) is 34.3 Å². The summed E-state index contributed by atoms with van der Waals surface area (Å²) in [7, 11) is 0. The number of nitrogens with zero attached hydrogens (tertiary/aromatic N) is 3. The minimum atomic E-state index is -0.560. The molecule has 1 fully saturated rings. The number of pyridine rings is 1. The normalized spacial score (nSPS) is 24.9. The molecule has 0 radical (unpaired) electrons. The fraction of sp³-hybridized carbons (Fsp3) is 0.409. The molecule has 6 heteroatoms. The van der Waals surface area contributed by atoms with Gasteiger partial charge >= 0.3 is 0 Å². The van der Waals surface area contributed by atoms with Crippen molar-refractivity contribution >= 4 is 11.3 Å². The Morgan fingerprint density at radius 1 is 1.25 bits per heavy atom. The summed E-state index contributed by atoms with van der Waals surface area (Å²) in [6, 6.07) is 12.6. The predicted molar refractivity (Wildman–Crippen MR) is 107 cm³/mol. The van der Waals surface area contributed by atoms with Crippen LogP contribution in [-0.2, 0) is 6.67 Å². The number of anilines is 1. The van der Waals surface area contributed by atoms with Crippen LogP contribution in [-0.4, -0.2) is 40.0 Å². The highest BCUT2D eigenvalue weighted by Crippen LogP contribution is 2.38. The largest absolute Gasteiger partial charge is 0.491 e. The number of nitrogens with one attached hydrogen (secondary N) is 1. The van der Waals surface area contributed by atoms with E-state index in [4.69, 9.17) is 4.74 Å². The number of rotatable bonds is 4. The molecule has 0 unspecified atom stereocenters. The maximum Gasteiger partial charge on any atom is 0.160 e. The van der Waals surface area contributed by atoms with Crippen LogP contribution in [0.3, 0.4) is 0 Å². The number of para-hydroxylation sites is 1. The summed E-state index contributed by atoms with van der Waals surface area (Å²) in [6.45, 7) is 4.59. The van der Waals surface area contributed by atoms with Crippen LogP contribution in [0.5, 0.6) is 5.75 Å². The van der Waals surface area contributed by atoms with Gasteiger partial charge in [-0.3, -0.25) is 4.90 Å². The number of ether oxygens (including phenoxy) is 1. The zero-order valence-electron chi connectivity index (χ0n) is 16.0. The third-order valence-corrected chi connectivity index (χ3v) is 5.95. The lowest BCUT2D eigenvalue weighted by molar-refractivity contribution is 0.121. The van der Waals surface area contributed by atoms with E-state index in [0.717, 1.165) is 35.7 Å². The van der Waals surface area contributed by atoms with Gasteiger partial charge in [0.05, 0.1) is 23.5 Å². The highest BCUT2D eigenvalue weighted by Gasteiger charge is 2.37. The van der Waals surface area contributed by atoms with Crippen LogP contribution in [0, 0.1) is 5.92 Å². The third kappa shape index (κ3) is 3.02. The van der Waals surface area contributed by atoms with Crippen molar-refractivity contribution in [3.8, 4) is 5.75 Å². The summed E-state index contributed by atoms with van der Waals surface area (Å²) in [5.41, 5.74) is 3.29. The number of hydrogen-bond acceptors (Lipinski definition) is 4. The topological polar surface area (TPSA) is 41.8 Å². The molecule has 28 heavy (non-hydrogen) atoms. The number of likely N-dealkylation sites (tertiary alicyclic amines) is 1. The quantitative estimate of drug-likeness (QED) is 0.741. The van der Waals surface area contributed by atoms with Gasteiger partial charge in [-0.05, 0) is 37.1 Å². The van der Waals surface area contributed by atoms with E-state index in [9.17, 15) is 4.39 Å². The first kappa shape index (κ1) is 17.5. The third-order valence-electron chi connectivity index (χ3n) is 5.95. The van der Waals surface area contributed by atoms with Crippen molar-refractivity contribution in [2.24, 2.45) is 5.92 Å². The van der Waals surface area contributed by atoms with Gasteiger partial charge in [-0.25, -0.2) is 9.37 Å². The van der Waals surface area contributed by atoms with E-state index >= 15 is 0 Å². The summed E-state index contributed by atoms with van der Waals surface area (Å²) in [6.07, 6.45) is 4.88. The molecule has 5 nitrogen and oxygen atoms in total. The van der Waals surface area contributed by atoms with Crippen LogP contribution in [0.2, 0.25) is 0 Å². The van der Waals surface area contributed by atoms with Crippen LogP contribution in [0.15, 0.2) is 48.8 Å². The second kappa shape index (κ2) is 7.09. The molecular formula is C22H25FN4O. The Kier molecular flexibility index (Phi) is 4.43. The first-order chi connectivity index (χ1) is 13.7. The lowest BCUT2D eigenvalue weighted by atomic mass is 9.94. The minimum Gasteiger partial charge on any atom is -0.491 e. The molecule has 0 aliphatic carbocycles. The van der Waals surface area contributed by atoms with Gasteiger partial charge in [-0.15, -0.1) is 0 Å². The molecule has 1 saturated heterocycles. The molecule has 0 bridgehead atoms. The zero-order chi connectivity index (χ0) is 19.1. The fourth-order valence-corrected chi connectivity index (χ4v) is 4.52. The second-order valence-corrected chi connectivity index (χ2v) is 7.95. The lowest BCUT2D eigenvalue weighted by Gasteiger charge is -2.39. The van der Waals surface area contributed by atoms with Gasteiger partial charge in [0.1, 0.15) is 19.0 Å². The van der Waals surface area contributed by atoms with E-state index in [0.29, 0.717) is 18.2 Å². The van der Waals surface area contributed by atoms with Crippen molar-refractivity contribution in [2.45, 2.75) is 32.1 Å². The monoisotopic (exact) mass is 380 g/mol.